The van der Waals surface area contributed by atoms with Gasteiger partial charge in [0.25, 0.3) is 5.91 Å². The van der Waals surface area contributed by atoms with Crippen molar-refractivity contribution < 1.29 is 32.2 Å². The van der Waals surface area contributed by atoms with Gasteiger partial charge >= 0.3 is 6.18 Å². The van der Waals surface area contributed by atoms with Crippen molar-refractivity contribution >= 4 is 29.1 Å². The molecule has 3 rings (SSSR count). The van der Waals surface area contributed by atoms with Crippen LogP contribution in [-0.4, -0.2) is 24.5 Å². The van der Waals surface area contributed by atoms with Gasteiger partial charge in [-0.05, 0) is 37.3 Å². The van der Waals surface area contributed by atoms with E-state index in [1.807, 2.05) is 0 Å². The largest absolute Gasteiger partial charge is 0.475 e. The van der Waals surface area contributed by atoms with E-state index in [-0.39, 0.29) is 28.7 Å². The Morgan fingerprint density at radius 3 is 2.55 bits per heavy atom. The molecule has 2 aromatic carbocycles. The van der Waals surface area contributed by atoms with Crippen LogP contribution in [0, 0.1) is 0 Å². The lowest BCUT2D eigenvalue weighted by Gasteiger charge is -2.38. The zero-order valence-corrected chi connectivity index (χ0v) is 16.1. The fraction of sp³-hybridized carbons (Fsp3) is 0.263. The summed E-state index contributed by atoms with van der Waals surface area (Å²) in [7, 11) is 1.52. The average molecular weight is 429 g/mol. The van der Waals surface area contributed by atoms with Crippen LogP contribution in [0.5, 0.6) is 17.2 Å². The van der Waals surface area contributed by atoms with Crippen molar-refractivity contribution in [3.05, 3.63) is 47.0 Å². The van der Waals surface area contributed by atoms with Crippen molar-refractivity contribution in [3.8, 4) is 17.2 Å². The highest BCUT2D eigenvalue weighted by Gasteiger charge is 2.44. The number of rotatable bonds is 4. The molecule has 1 atom stereocenters. The zero-order valence-electron chi connectivity index (χ0n) is 15.3. The van der Waals surface area contributed by atoms with E-state index in [2.05, 4.69) is 0 Å². The van der Waals surface area contributed by atoms with Gasteiger partial charge < -0.3 is 20.1 Å². The van der Waals surface area contributed by atoms with Gasteiger partial charge in [0.15, 0.2) is 5.60 Å². The van der Waals surface area contributed by atoms with E-state index in [1.54, 1.807) is 6.07 Å². The van der Waals surface area contributed by atoms with Gasteiger partial charge in [-0.3, -0.25) is 9.59 Å². The van der Waals surface area contributed by atoms with Crippen molar-refractivity contribution in [1.29, 1.82) is 0 Å². The lowest BCUT2D eigenvalue weighted by molar-refractivity contribution is -0.138. The molecule has 1 heterocycles. The maximum atomic E-state index is 12.8. The first-order valence-corrected chi connectivity index (χ1v) is 8.72. The molecule has 1 aliphatic rings. The second-order valence-electron chi connectivity index (χ2n) is 6.71. The Balaban J connectivity index is 1.91. The number of amides is 2. The van der Waals surface area contributed by atoms with E-state index >= 15 is 0 Å². The van der Waals surface area contributed by atoms with Crippen molar-refractivity contribution in [2.75, 3.05) is 11.9 Å². The molecule has 10 heteroatoms. The SMILES string of the molecule is CN1C(=O)C(C)(CC(N)=O)Oc2cc(Oc3ccc(C(F)(F)F)cc3Cl)ccc21. The maximum Gasteiger partial charge on any atom is 0.416 e. The molecule has 2 N–H and O–H groups in total. The maximum absolute atomic E-state index is 12.8. The molecule has 154 valence electrons. The van der Waals surface area contributed by atoms with Crippen LogP contribution >= 0.6 is 11.6 Å². The average Bonchev–Trinajstić information content (AvgIpc) is 2.60. The number of anilines is 1. The van der Waals surface area contributed by atoms with Crippen LogP contribution in [0.3, 0.4) is 0 Å². The minimum atomic E-state index is -4.52. The third kappa shape index (κ3) is 4.09. The van der Waals surface area contributed by atoms with Gasteiger partial charge in [-0.2, -0.15) is 13.2 Å². The van der Waals surface area contributed by atoms with Gasteiger partial charge in [-0.25, -0.2) is 0 Å². The summed E-state index contributed by atoms with van der Waals surface area (Å²) in [5.41, 5.74) is 3.27. The Kier molecular flexibility index (Phi) is 5.12. The molecule has 0 radical (unpaired) electrons. The number of likely N-dealkylation sites (N-methyl/N-ethyl adjacent to an activating group) is 1. The highest BCUT2D eigenvalue weighted by Crippen LogP contribution is 2.42. The monoisotopic (exact) mass is 428 g/mol. The van der Waals surface area contributed by atoms with Gasteiger partial charge in [0.05, 0.1) is 22.7 Å². The molecule has 0 bridgehead atoms. The molecule has 29 heavy (non-hydrogen) atoms. The standard InChI is InChI=1S/C19H16ClF3N2O4/c1-18(9-16(24)26)17(27)25(2)13-5-4-11(8-15(13)29-18)28-14-6-3-10(7-12(14)20)19(21,22)23/h3-8H,9H2,1-2H3,(H2,24,26). The number of carbonyl (C=O) groups excluding carboxylic acids is 2. The fourth-order valence-electron chi connectivity index (χ4n) is 3.00. The van der Waals surface area contributed by atoms with E-state index in [0.29, 0.717) is 5.69 Å². The van der Waals surface area contributed by atoms with Crippen molar-refractivity contribution in [2.24, 2.45) is 5.73 Å². The molecule has 2 amide bonds. The molecule has 0 aliphatic carbocycles. The number of nitrogens with two attached hydrogens (primary N) is 1. The first-order chi connectivity index (χ1) is 13.4. The van der Waals surface area contributed by atoms with Gasteiger partial charge in [-0.1, -0.05) is 11.6 Å². The number of halogens is 4. The minimum Gasteiger partial charge on any atom is -0.475 e. The number of alkyl halides is 3. The fourth-order valence-corrected chi connectivity index (χ4v) is 3.22. The summed E-state index contributed by atoms with van der Waals surface area (Å²) in [4.78, 5) is 25.2. The van der Waals surface area contributed by atoms with Crippen molar-refractivity contribution in [3.63, 3.8) is 0 Å². The third-order valence-corrected chi connectivity index (χ3v) is 4.68. The van der Waals surface area contributed by atoms with E-state index in [4.69, 9.17) is 26.8 Å². The van der Waals surface area contributed by atoms with Gasteiger partial charge in [-0.15, -0.1) is 0 Å². The van der Waals surface area contributed by atoms with Gasteiger partial charge in [0.1, 0.15) is 17.2 Å². The lowest BCUT2D eigenvalue weighted by atomic mass is 9.97. The number of benzene rings is 2. The van der Waals surface area contributed by atoms with Crippen LogP contribution in [0.2, 0.25) is 5.02 Å². The number of hydrogen-bond donors (Lipinski definition) is 1. The molecule has 1 aliphatic heterocycles. The van der Waals surface area contributed by atoms with E-state index in [1.165, 1.54) is 31.0 Å². The Morgan fingerprint density at radius 1 is 1.28 bits per heavy atom. The normalized spacial score (nSPS) is 18.8. The number of primary amides is 1. The van der Waals surface area contributed by atoms with Crippen LogP contribution in [0.1, 0.15) is 18.9 Å². The lowest BCUT2D eigenvalue weighted by Crippen LogP contribution is -2.54. The Labute approximate surface area is 168 Å². The number of hydrogen-bond acceptors (Lipinski definition) is 4. The Hall–Kier alpha value is -2.94. The molecule has 0 saturated heterocycles. The summed E-state index contributed by atoms with van der Waals surface area (Å²) >= 11 is 5.91. The smallest absolute Gasteiger partial charge is 0.416 e. The number of carbonyl (C=O) groups is 2. The van der Waals surface area contributed by atoms with Gasteiger partial charge in [0.2, 0.25) is 5.91 Å². The minimum absolute atomic E-state index is 0.0137. The summed E-state index contributed by atoms with van der Waals surface area (Å²) in [6, 6.07) is 7.24. The molecule has 0 spiro atoms. The van der Waals surface area contributed by atoms with Crippen molar-refractivity contribution in [2.45, 2.75) is 25.1 Å². The summed E-state index contributed by atoms with van der Waals surface area (Å²) < 4.78 is 49.6. The molecule has 0 saturated carbocycles. The molecule has 0 fully saturated rings. The van der Waals surface area contributed by atoms with Crippen LogP contribution in [0.25, 0.3) is 0 Å². The van der Waals surface area contributed by atoms with Crippen molar-refractivity contribution in [1.82, 2.24) is 0 Å². The van der Waals surface area contributed by atoms with Crippen LogP contribution in [0.4, 0.5) is 18.9 Å². The Morgan fingerprint density at radius 2 is 1.97 bits per heavy atom. The second kappa shape index (κ2) is 7.14. The van der Waals surface area contributed by atoms with Crippen LogP contribution in [0.15, 0.2) is 36.4 Å². The molecular weight excluding hydrogens is 413 g/mol. The quantitative estimate of drug-likeness (QED) is 0.793. The van der Waals surface area contributed by atoms with Crippen LogP contribution < -0.4 is 20.1 Å². The topological polar surface area (TPSA) is 81.9 Å². The van der Waals surface area contributed by atoms with E-state index in [0.717, 1.165) is 18.2 Å². The highest BCUT2D eigenvalue weighted by atomic mass is 35.5. The molecule has 1 unspecified atom stereocenters. The summed E-state index contributed by atoms with van der Waals surface area (Å²) in [6.07, 6.45) is -4.85. The number of nitrogens with zero attached hydrogens (tertiary/aromatic N) is 1. The van der Waals surface area contributed by atoms with E-state index in [9.17, 15) is 22.8 Å². The number of fused-ring (bicyclic) bond motifs is 1. The molecular formula is C19H16ClF3N2O4. The molecule has 6 nitrogen and oxygen atoms in total. The Bertz CT molecular complexity index is 996. The zero-order chi connectivity index (χ0) is 21.6. The predicted octanol–water partition coefficient (Wildman–Crippen LogP) is 4.14. The van der Waals surface area contributed by atoms with Gasteiger partial charge in [0, 0.05) is 13.1 Å². The first kappa shape index (κ1) is 20.8. The second-order valence-corrected chi connectivity index (χ2v) is 7.12. The summed E-state index contributed by atoms with van der Waals surface area (Å²) in [5, 5.41) is -0.218. The van der Waals surface area contributed by atoms with Crippen LogP contribution in [-0.2, 0) is 15.8 Å². The molecule has 0 aromatic heterocycles. The summed E-state index contributed by atoms with van der Waals surface area (Å²) in [5.74, 6) is -0.671. The number of ether oxygens (including phenoxy) is 2. The third-order valence-electron chi connectivity index (χ3n) is 4.38. The molecule has 2 aromatic rings. The first-order valence-electron chi connectivity index (χ1n) is 8.35. The van der Waals surface area contributed by atoms with E-state index < -0.39 is 29.2 Å². The summed E-state index contributed by atoms with van der Waals surface area (Å²) in [6.45, 7) is 1.44. The highest BCUT2D eigenvalue weighted by molar-refractivity contribution is 6.32. The predicted molar refractivity (Wildman–Crippen MR) is 99.2 cm³/mol.